The Labute approximate surface area is 362 Å². The smallest absolute Gasteiger partial charge is 0.504 e. The first-order chi connectivity index (χ1) is 29.2. The number of nitrogens with one attached hydrogen (secondary N) is 2. The molecular formula is C37H36AlCl3N8O12. The van der Waals surface area contributed by atoms with Crippen LogP contribution in [0.4, 0.5) is 0 Å². The highest BCUT2D eigenvalue weighted by Crippen LogP contribution is 2.39. The Bertz CT molecular complexity index is 2460. The summed E-state index contributed by atoms with van der Waals surface area (Å²) in [5, 5.41) is 66.7. The van der Waals surface area contributed by atoms with Gasteiger partial charge in [-0.25, -0.2) is 30.1 Å². The number of aromatic hydroxyl groups is 2. The first-order valence-corrected chi connectivity index (χ1v) is 23.9. The van der Waals surface area contributed by atoms with E-state index in [1.165, 1.54) is 18.2 Å². The van der Waals surface area contributed by atoms with Crippen molar-refractivity contribution in [2.45, 2.75) is 75.7 Å². The van der Waals surface area contributed by atoms with Gasteiger partial charge in [0.25, 0.3) is 11.8 Å². The molecule has 1 aliphatic heterocycles. The second-order valence-corrected chi connectivity index (χ2v) is 20.6. The molecule has 2 amide bonds. The van der Waals surface area contributed by atoms with E-state index in [1.807, 2.05) is 6.07 Å². The molecule has 2 aromatic carbocycles. The lowest BCUT2D eigenvalue weighted by molar-refractivity contribution is 0.0884. The molecule has 0 radical (unpaired) electrons. The van der Waals surface area contributed by atoms with E-state index in [2.05, 4.69) is 41.3 Å². The average molecular weight is 918 g/mol. The van der Waals surface area contributed by atoms with Gasteiger partial charge in [0.2, 0.25) is 30.4 Å². The molecule has 6 N–H and O–H groups in total. The van der Waals surface area contributed by atoms with Gasteiger partial charge in [-0.2, -0.15) is 0 Å². The van der Waals surface area contributed by atoms with E-state index in [9.17, 15) is 30.0 Å². The van der Waals surface area contributed by atoms with Crippen LogP contribution in [0.25, 0.3) is 22.6 Å². The number of ether oxygens (including phenoxy) is 2. The fourth-order valence-electron chi connectivity index (χ4n) is 6.32. The number of carbonyl (C=O) groups is 2. The summed E-state index contributed by atoms with van der Waals surface area (Å²) in [7, 11) is 14.8. The van der Waals surface area contributed by atoms with Crippen molar-refractivity contribution in [3.05, 3.63) is 83.5 Å². The van der Waals surface area contributed by atoms with Crippen LogP contribution in [0.15, 0.2) is 66.4 Å². The number of fused-ring (bicyclic) bond motifs is 1. The number of halogens is 3. The minimum Gasteiger partial charge on any atom is -0.504 e. The average Bonchev–Trinajstić information content (AvgIpc) is 4.04. The van der Waals surface area contributed by atoms with E-state index < -0.39 is 23.6 Å². The first kappa shape index (κ1) is 43.7. The Morgan fingerprint density at radius 1 is 0.672 bits per heavy atom. The molecule has 3 aliphatic rings. The molecule has 320 valence electrons. The van der Waals surface area contributed by atoms with E-state index in [0.717, 1.165) is 5.56 Å². The maximum Gasteiger partial charge on any atom is 0.643 e. The number of nitrogens with zero attached hydrogens (tertiary/aromatic N) is 6. The van der Waals surface area contributed by atoms with Gasteiger partial charge in [-0.15, -0.1) is 20.4 Å². The van der Waals surface area contributed by atoms with Gasteiger partial charge in [0, 0.05) is 47.2 Å². The zero-order valence-electron chi connectivity index (χ0n) is 32.1. The van der Waals surface area contributed by atoms with Gasteiger partial charge in [0.1, 0.15) is 12.2 Å². The summed E-state index contributed by atoms with van der Waals surface area (Å²) in [5.74, 6) is 2.27. The number of phenolic OH excluding ortho intramolecular Hbond substituents is 2. The lowest BCUT2D eigenvalue weighted by Gasteiger charge is -2.33. The van der Waals surface area contributed by atoms with Gasteiger partial charge in [-0.3, -0.25) is 9.59 Å². The zero-order chi connectivity index (χ0) is 43.4. The van der Waals surface area contributed by atoms with Crippen LogP contribution in [0.3, 0.4) is 0 Å². The molecule has 2 atom stereocenters. The number of aliphatic hydroxyl groups is 2. The van der Waals surface area contributed by atoms with Crippen LogP contribution in [-0.4, -0.2) is 93.2 Å². The number of carbonyl (C=O) groups excluding carboxylic acids is 2. The monoisotopic (exact) mass is 916 g/mol. The van der Waals surface area contributed by atoms with Crippen molar-refractivity contribution in [3.63, 3.8) is 0 Å². The fourth-order valence-corrected chi connectivity index (χ4v) is 6.32. The van der Waals surface area contributed by atoms with Crippen molar-refractivity contribution in [2.24, 2.45) is 0 Å². The Morgan fingerprint density at radius 2 is 1.13 bits per heavy atom. The third kappa shape index (κ3) is 10.7. The second-order valence-electron chi connectivity index (χ2n) is 14.2. The third-order valence-electron chi connectivity index (χ3n) is 9.67. The SMILES string of the molecule is C[C@@H](O)c1nnc(C2CC(NC(=O)c3cc(-c4ccc(O)c(O)c4)on3)C2)o1.C[C@@H](O)c1nnc(C2CC(NC(=O)c3cc(-c4ccc5c(c4)OCO5)on3)C2)o1.[Cl][Al]([Cl])[Cl]. The van der Waals surface area contributed by atoms with Gasteiger partial charge < -0.3 is 58.4 Å². The maximum absolute atomic E-state index is 12.5. The molecule has 2 fully saturated rings. The summed E-state index contributed by atoms with van der Waals surface area (Å²) in [6.45, 7) is 3.30. The molecule has 9 rings (SSSR count). The van der Waals surface area contributed by atoms with E-state index in [-0.39, 0.29) is 77.2 Å². The van der Waals surface area contributed by atoms with Crippen LogP contribution >= 0.6 is 30.1 Å². The molecule has 20 nitrogen and oxygen atoms in total. The summed E-state index contributed by atoms with van der Waals surface area (Å²) < 4.78 is 32.0. The number of benzene rings is 2. The Balaban J connectivity index is 0.000000169. The predicted molar refractivity (Wildman–Crippen MR) is 213 cm³/mol. The number of aromatic nitrogens is 6. The quantitative estimate of drug-likeness (QED) is 0.0706. The highest BCUT2D eigenvalue weighted by molar-refractivity contribution is 7.54. The van der Waals surface area contributed by atoms with E-state index in [0.29, 0.717) is 66.0 Å². The topological polar surface area (TPSA) is 287 Å². The molecule has 0 unspecified atom stereocenters. The third-order valence-corrected chi connectivity index (χ3v) is 9.67. The molecule has 6 aromatic rings. The lowest BCUT2D eigenvalue weighted by Crippen LogP contribution is -2.43. The van der Waals surface area contributed by atoms with Crippen molar-refractivity contribution >= 4 is 53.3 Å². The summed E-state index contributed by atoms with van der Waals surface area (Å²) in [5.41, 5.74) is 1.54. The Hall–Kier alpha value is -5.40. The van der Waals surface area contributed by atoms with Crippen molar-refractivity contribution in [1.29, 1.82) is 0 Å². The maximum atomic E-state index is 12.5. The summed E-state index contributed by atoms with van der Waals surface area (Å²) in [6, 6.07) is 12.6. The number of hydrogen-bond acceptors (Lipinski definition) is 18. The van der Waals surface area contributed by atoms with Crippen LogP contribution < -0.4 is 20.1 Å². The lowest BCUT2D eigenvalue weighted by atomic mass is 9.80. The number of aliphatic hydroxyl groups excluding tert-OH is 2. The summed E-state index contributed by atoms with van der Waals surface area (Å²) in [4.78, 5) is 24.8. The predicted octanol–water partition coefficient (Wildman–Crippen LogP) is 5.74. The van der Waals surface area contributed by atoms with Crippen LogP contribution in [-0.2, 0) is 0 Å². The van der Waals surface area contributed by atoms with Crippen LogP contribution in [0, 0.1) is 0 Å². The van der Waals surface area contributed by atoms with Gasteiger partial charge in [-0.1, -0.05) is 10.3 Å². The van der Waals surface area contributed by atoms with Crippen molar-refractivity contribution in [1.82, 2.24) is 41.3 Å². The highest BCUT2D eigenvalue weighted by Gasteiger charge is 2.37. The minimum atomic E-state index is -1.72. The van der Waals surface area contributed by atoms with Crippen LogP contribution in [0.1, 0.15) is 108 Å². The van der Waals surface area contributed by atoms with Crippen molar-refractivity contribution in [2.75, 3.05) is 6.79 Å². The molecule has 5 heterocycles. The zero-order valence-corrected chi connectivity index (χ0v) is 35.5. The number of phenols is 2. The van der Waals surface area contributed by atoms with E-state index in [1.54, 1.807) is 38.1 Å². The highest BCUT2D eigenvalue weighted by atomic mass is 35.8. The first-order valence-electron chi connectivity index (χ1n) is 18.6. The molecule has 0 bridgehead atoms. The fraction of sp³-hybridized carbons (Fsp3) is 0.351. The molecule has 2 saturated carbocycles. The Morgan fingerprint density at radius 3 is 1.59 bits per heavy atom. The van der Waals surface area contributed by atoms with E-state index in [4.69, 9.17) is 57.5 Å². The molecule has 61 heavy (non-hydrogen) atoms. The molecule has 24 heteroatoms. The molecule has 0 spiro atoms. The second kappa shape index (κ2) is 19.1. The van der Waals surface area contributed by atoms with Gasteiger partial charge >= 0.3 is 11.4 Å². The number of rotatable bonds is 10. The minimum absolute atomic E-state index is 0.0138. The Kier molecular flexibility index (Phi) is 13.7. The van der Waals surface area contributed by atoms with E-state index >= 15 is 0 Å². The van der Waals surface area contributed by atoms with Crippen LogP contribution in [0.5, 0.6) is 23.0 Å². The number of amides is 2. The largest absolute Gasteiger partial charge is 0.643 e. The summed E-state index contributed by atoms with van der Waals surface area (Å²) >= 11 is -1.72. The molecule has 2 aliphatic carbocycles. The molecule has 4 aromatic heterocycles. The van der Waals surface area contributed by atoms with Crippen molar-refractivity contribution in [3.8, 4) is 45.6 Å². The normalized spacial score (nSPS) is 19.5. The van der Waals surface area contributed by atoms with Crippen molar-refractivity contribution < 1.29 is 57.4 Å². The molecular weight excluding hydrogens is 882 g/mol. The van der Waals surface area contributed by atoms with Crippen LogP contribution in [0.2, 0.25) is 0 Å². The van der Waals surface area contributed by atoms with Gasteiger partial charge in [0.15, 0.2) is 45.9 Å². The number of hydrogen-bond donors (Lipinski definition) is 6. The standard InChI is InChI=1S/C19H18N4O6.C18H18N4O6.Al.3ClH/c1-9(24)18-21-22-19(28-18)11-4-12(5-11)20-17(25)13-7-15(29-23-13)10-2-3-14-16(6-10)27-8-26-14;1-8(23)17-20-21-18(27-17)10-4-11(5-10)19-16(26)12-7-15(28-22-12)9-2-3-13(24)14(25)6-9;;;;/h2-3,6-7,9,11-12,24H,4-5,8H2,1H3,(H,20,25);2-3,6-8,10-11,23-25H,4-5H2,1H3,(H,19,26);;3*1H/q;;+3;;;/p-3/t9-,11?,12?;8-,10?,11?;;;;/m11..../s1. The van der Waals surface area contributed by atoms with Gasteiger partial charge in [0.05, 0.1) is 0 Å². The molecule has 0 saturated heterocycles. The van der Waals surface area contributed by atoms with Gasteiger partial charge in [-0.05, 0) is 75.9 Å². The summed E-state index contributed by atoms with van der Waals surface area (Å²) in [6.07, 6.45) is 1.04.